The molecule has 3 aromatic rings. The van der Waals surface area contributed by atoms with Crippen LogP contribution in [0.3, 0.4) is 0 Å². The number of amides is 1. The van der Waals surface area contributed by atoms with Gasteiger partial charge in [0.2, 0.25) is 6.79 Å². The molecule has 0 bridgehead atoms. The van der Waals surface area contributed by atoms with Crippen LogP contribution < -0.4 is 14.4 Å². The van der Waals surface area contributed by atoms with Crippen LogP contribution in [-0.4, -0.2) is 49.8 Å². The highest BCUT2D eigenvalue weighted by Crippen LogP contribution is 2.40. The van der Waals surface area contributed by atoms with Crippen LogP contribution in [0, 0.1) is 6.92 Å². The third-order valence-electron chi connectivity index (χ3n) is 4.49. The first-order valence-electron chi connectivity index (χ1n) is 8.75. The van der Waals surface area contributed by atoms with Gasteiger partial charge in [-0.25, -0.2) is 4.98 Å². The second kappa shape index (κ2) is 8.34. The fourth-order valence-electron chi connectivity index (χ4n) is 2.96. The molecule has 0 radical (unpaired) electrons. The lowest BCUT2D eigenvalue weighted by atomic mass is 10.1. The van der Waals surface area contributed by atoms with Crippen molar-refractivity contribution in [2.45, 2.75) is 6.92 Å². The maximum Gasteiger partial charge on any atom is 0.260 e. The van der Waals surface area contributed by atoms with Crippen molar-refractivity contribution in [1.29, 1.82) is 0 Å². The average Bonchev–Trinajstić information content (AvgIpc) is 3.25. The zero-order valence-corrected chi connectivity index (χ0v) is 17.6. The van der Waals surface area contributed by atoms with Crippen molar-refractivity contribution in [2.24, 2.45) is 0 Å². The SMILES string of the molecule is Cc1ccccc1C(=O)N(CCN(C)C)c1nc2cc3c(cc2s1)OCO3.Cl. The van der Waals surface area contributed by atoms with Crippen molar-refractivity contribution in [3.63, 3.8) is 0 Å². The van der Waals surface area contributed by atoms with E-state index in [-0.39, 0.29) is 25.1 Å². The summed E-state index contributed by atoms with van der Waals surface area (Å²) in [5.41, 5.74) is 2.47. The van der Waals surface area contributed by atoms with Gasteiger partial charge in [-0.3, -0.25) is 9.69 Å². The van der Waals surface area contributed by atoms with Gasteiger partial charge in [0.15, 0.2) is 16.6 Å². The molecule has 0 saturated heterocycles. The van der Waals surface area contributed by atoms with Crippen LogP contribution >= 0.6 is 23.7 Å². The van der Waals surface area contributed by atoms with Crippen LogP contribution in [0.2, 0.25) is 0 Å². The van der Waals surface area contributed by atoms with Crippen LogP contribution in [-0.2, 0) is 0 Å². The summed E-state index contributed by atoms with van der Waals surface area (Å²) in [7, 11) is 3.99. The van der Waals surface area contributed by atoms with Gasteiger partial charge < -0.3 is 14.4 Å². The van der Waals surface area contributed by atoms with E-state index in [1.165, 1.54) is 11.3 Å². The van der Waals surface area contributed by atoms with Gasteiger partial charge in [-0.2, -0.15) is 0 Å². The third-order valence-corrected chi connectivity index (χ3v) is 5.54. The lowest BCUT2D eigenvalue weighted by Crippen LogP contribution is -2.37. The van der Waals surface area contributed by atoms with Crippen LogP contribution in [0.5, 0.6) is 11.5 Å². The molecule has 2 aromatic carbocycles. The fourth-order valence-corrected chi connectivity index (χ4v) is 3.96. The Hall–Kier alpha value is -2.35. The molecular formula is C20H22ClN3O3S. The highest BCUT2D eigenvalue weighted by atomic mass is 35.5. The van der Waals surface area contributed by atoms with Crippen LogP contribution in [0.15, 0.2) is 36.4 Å². The van der Waals surface area contributed by atoms with Crippen molar-refractivity contribution in [3.05, 3.63) is 47.5 Å². The highest BCUT2D eigenvalue weighted by Gasteiger charge is 2.24. The molecule has 6 nitrogen and oxygen atoms in total. The molecule has 0 fully saturated rings. The number of hydrogen-bond donors (Lipinski definition) is 0. The molecule has 1 aliphatic heterocycles. The van der Waals surface area contributed by atoms with Gasteiger partial charge in [0.25, 0.3) is 5.91 Å². The predicted octanol–water partition coefficient (Wildman–Crippen LogP) is 3.96. The average molecular weight is 420 g/mol. The Morgan fingerprint density at radius 1 is 1.14 bits per heavy atom. The second-order valence-corrected chi connectivity index (χ2v) is 7.75. The first-order valence-corrected chi connectivity index (χ1v) is 9.57. The maximum atomic E-state index is 13.3. The Balaban J connectivity index is 0.00000225. The van der Waals surface area contributed by atoms with Crippen molar-refractivity contribution >= 4 is 45.0 Å². The molecule has 1 amide bonds. The number of hydrogen-bond acceptors (Lipinski definition) is 6. The minimum absolute atomic E-state index is 0. The zero-order chi connectivity index (χ0) is 19.0. The summed E-state index contributed by atoms with van der Waals surface area (Å²) in [6, 6.07) is 11.5. The molecule has 1 aromatic heterocycles. The number of carbonyl (C=O) groups is 1. The number of rotatable bonds is 5. The minimum Gasteiger partial charge on any atom is -0.454 e. The monoisotopic (exact) mass is 419 g/mol. The van der Waals surface area contributed by atoms with Crippen LogP contribution in [0.25, 0.3) is 10.2 Å². The number of benzene rings is 2. The molecule has 0 atom stereocenters. The van der Waals surface area contributed by atoms with E-state index < -0.39 is 0 Å². The number of ether oxygens (including phenoxy) is 2. The minimum atomic E-state index is -0.0333. The molecule has 1 aliphatic rings. The van der Waals surface area contributed by atoms with E-state index in [0.29, 0.717) is 23.0 Å². The second-order valence-electron chi connectivity index (χ2n) is 6.74. The summed E-state index contributed by atoms with van der Waals surface area (Å²) in [5.74, 6) is 1.39. The smallest absolute Gasteiger partial charge is 0.260 e. The third kappa shape index (κ3) is 3.92. The van der Waals surface area contributed by atoms with E-state index in [2.05, 4.69) is 4.90 Å². The summed E-state index contributed by atoms with van der Waals surface area (Å²) in [6.07, 6.45) is 0. The number of anilines is 1. The van der Waals surface area contributed by atoms with E-state index in [9.17, 15) is 4.79 Å². The Morgan fingerprint density at radius 2 is 1.86 bits per heavy atom. The summed E-state index contributed by atoms with van der Waals surface area (Å²) >= 11 is 1.49. The Kier molecular flexibility index (Phi) is 6.07. The number of carbonyl (C=O) groups excluding carboxylic acids is 1. The van der Waals surface area contributed by atoms with E-state index in [1.807, 2.05) is 57.4 Å². The van der Waals surface area contributed by atoms with Gasteiger partial charge in [-0.15, -0.1) is 12.4 Å². The Morgan fingerprint density at radius 3 is 2.57 bits per heavy atom. The van der Waals surface area contributed by atoms with E-state index >= 15 is 0 Å². The van der Waals surface area contributed by atoms with Crippen molar-refractivity contribution in [2.75, 3.05) is 38.9 Å². The van der Waals surface area contributed by atoms with Gasteiger partial charge >= 0.3 is 0 Å². The molecule has 0 unspecified atom stereocenters. The fraction of sp³-hybridized carbons (Fsp3) is 0.300. The lowest BCUT2D eigenvalue weighted by Gasteiger charge is -2.22. The molecule has 0 aliphatic carbocycles. The number of aromatic nitrogens is 1. The van der Waals surface area contributed by atoms with Crippen molar-refractivity contribution in [3.8, 4) is 11.5 Å². The Labute approximate surface area is 174 Å². The van der Waals surface area contributed by atoms with Gasteiger partial charge in [-0.1, -0.05) is 29.5 Å². The van der Waals surface area contributed by atoms with Crippen molar-refractivity contribution in [1.82, 2.24) is 9.88 Å². The number of thiazole rings is 1. The van der Waals surface area contributed by atoms with E-state index in [0.717, 1.165) is 28.1 Å². The molecule has 0 saturated carbocycles. The van der Waals surface area contributed by atoms with E-state index in [1.54, 1.807) is 4.90 Å². The van der Waals surface area contributed by atoms with E-state index in [4.69, 9.17) is 14.5 Å². The molecule has 148 valence electrons. The van der Waals surface area contributed by atoms with Gasteiger partial charge in [0.05, 0.1) is 10.2 Å². The predicted molar refractivity (Wildman–Crippen MR) is 114 cm³/mol. The number of aryl methyl sites for hydroxylation is 1. The molecule has 8 heteroatoms. The first-order chi connectivity index (χ1) is 13.0. The highest BCUT2D eigenvalue weighted by molar-refractivity contribution is 7.22. The Bertz CT molecular complexity index is 965. The molecular weight excluding hydrogens is 398 g/mol. The normalized spacial score (nSPS) is 12.3. The van der Waals surface area contributed by atoms with Gasteiger partial charge in [-0.05, 0) is 32.6 Å². The summed E-state index contributed by atoms with van der Waals surface area (Å²) in [6.45, 7) is 3.50. The molecule has 0 N–H and O–H groups in total. The lowest BCUT2D eigenvalue weighted by molar-refractivity contribution is 0.0984. The molecule has 28 heavy (non-hydrogen) atoms. The number of nitrogens with zero attached hydrogens (tertiary/aromatic N) is 3. The maximum absolute atomic E-state index is 13.3. The topological polar surface area (TPSA) is 54.9 Å². The quantitative estimate of drug-likeness (QED) is 0.626. The largest absolute Gasteiger partial charge is 0.454 e. The standard InChI is InChI=1S/C20H21N3O3S.ClH/c1-13-6-4-5-7-14(13)19(24)23(9-8-22(2)3)20-21-15-10-16-17(26-12-25-16)11-18(15)27-20;/h4-7,10-11H,8-9,12H2,1-3H3;1H. The van der Waals surface area contributed by atoms with Crippen LogP contribution in [0.1, 0.15) is 15.9 Å². The zero-order valence-electron chi connectivity index (χ0n) is 16.0. The molecule has 2 heterocycles. The first kappa shape index (κ1) is 20.4. The summed E-state index contributed by atoms with van der Waals surface area (Å²) in [4.78, 5) is 21.8. The molecule has 0 spiro atoms. The number of halogens is 1. The number of fused-ring (bicyclic) bond motifs is 2. The van der Waals surface area contributed by atoms with Crippen molar-refractivity contribution < 1.29 is 14.3 Å². The van der Waals surface area contributed by atoms with Gasteiger partial charge in [0.1, 0.15) is 0 Å². The molecule has 4 rings (SSSR count). The summed E-state index contributed by atoms with van der Waals surface area (Å²) < 4.78 is 11.9. The van der Waals surface area contributed by atoms with Crippen LogP contribution in [0.4, 0.5) is 5.13 Å². The summed E-state index contributed by atoms with van der Waals surface area (Å²) in [5, 5.41) is 0.684. The number of likely N-dealkylation sites (N-methyl/N-ethyl adjacent to an activating group) is 1. The van der Waals surface area contributed by atoms with Gasteiger partial charge in [0, 0.05) is 30.8 Å².